The molecule has 0 radical (unpaired) electrons. The molecule has 1 aromatic rings. The fourth-order valence-electron chi connectivity index (χ4n) is 1.34. The van der Waals surface area contributed by atoms with Crippen molar-refractivity contribution in [3.05, 3.63) is 18.2 Å². The number of anilines is 1. The summed E-state index contributed by atoms with van der Waals surface area (Å²) in [7, 11) is -0.504. The zero-order valence-electron chi connectivity index (χ0n) is 12.1. The minimum Gasteiger partial charge on any atom is -0.486 e. The largest absolute Gasteiger partial charge is 0.486 e. The molecule has 1 rings (SSSR count). The van der Waals surface area contributed by atoms with Crippen LogP contribution < -0.4 is 10.5 Å². The van der Waals surface area contributed by atoms with Crippen LogP contribution in [0.2, 0.25) is 0 Å². The van der Waals surface area contributed by atoms with Crippen LogP contribution in [0, 0.1) is 0 Å². The maximum Gasteiger partial charge on any atom is 0.242 e. The van der Waals surface area contributed by atoms with Crippen LogP contribution in [0.15, 0.2) is 23.1 Å². The van der Waals surface area contributed by atoms with Crippen LogP contribution in [0.3, 0.4) is 0 Å². The lowest BCUT2D eigenvalue weighted by Crippen LogP contribution is -2.27. The number of nitrogen functional groups attached to an aromatic ring is 1. The molecule has 0 aliphatic rings. The second-order valence-corrected chi connectivity index (χ2v) is 7.35. The lowest BCUT2D eigenvalue weighted by Gasteiger charge is -2.26. The second kappa shape index (κ2) is 5.38. The molecule has 0 amide bonds. The average Bonchev–Trinajstić information content (AvgIpc) is 2.31. The standard InChI is InChI=1S/C13H22N2O3S/c1-6-13(2,3)18-12-9-10(7-8-11(12)14)19(16,17)15(4)5/h7-9H,6,14H2,1-5H3. The molecular formula is C13H22N2O3S. The lowest BCUT2D eigenvalue weighted by atomic mass is 10.1. The normalized spacial score (nSPS) is 12.7. The van der Waals surface area contributed by atoms with E-state index in [1.165, 1.54) is 26.2 Å². The molecule has 0 fully saturated rings. The Morgan fingerprint density at radius 2 is 1.89 bits per heavy atom. The highest BCUT2D eigenvalue weighted by Crippen LogP contribution is 2.30. The number of rotatable bonds is 5. The summed E-state index contributed by atoms with van der Waals surface area (Å²) >= 11 is 0. The van der Waals surface area contributed by atoms with Crippen molar-refractivity contribution in [1.82, 2.24) is 4.31 Å². The molecule has 0 aliphatic heterocycles. The van der Waals surface area contributed by atoms with E-state index in [-0.39, 0.29) is 4.90 Å². The number of ether oxygens (including phenoxy) is 1. The number of benzene rings is 1. The molecule has 19 heavy (non-hydrogen) atoms. The molecular weight excluding hydrogens is 264 g/mol. The van der Waals surface area contributed by atoms with E-state index in [1.807, 2.05) is 20.8 Å². The number of hydrogen-bond donors (Lipinski definition) is 1. The third kappa shape index (κ3) is 3.61. The highest BCUT2D eigenvalue weighted by molar-refractivity contribution is 7.89. The molecule has 0 atom stereocenters. The van der Waals surface area contributed by atoms with Crippen molar-refractivity contribution in [2.45, 2.75) is 37.7 Å². The predicted octanol–water partition coefficient (Wildman–Crippen LogP) is 2.09. The van der Waals surface area contributed by atoms with E-state index in [9.17, 15) is 8.42 Å². The van der Waals surface area contributed by atoms with Gasteiger partial charge in [-0.2, -0.15) is 0 Å². The third-order valence-electron chi connectivity index (χ3n) is 3.00. The van der Waals surface area contributed by atoms with Crippen molar-refractivity contribution in [3.63, 3.8) is 0 Å². The SMILES string of the molecule is CCC(C)(C)Oc1cc(S(=O)(=O)N(C)C)ccc1N. The van der Waals surface area contributed by atoms with Gasteiger partial charge in [0.2, 0.25) is 10.0 Å². The Labute approximate surface area is 115 Å². The van der Waals surface area contributed by atoms with Gasteiger partial charge in [-0.25, -0.2) is 12.7 Å². The monoisotopic (exact) mass is 286 g/mol. The van der Waals surface area contributed by atoms with Gasteiger partial charge in [-0.15, -0.1) is 0 Å². The van der Waals surface area contributed by atoms with Gasteiger partial charge in [0.15, 0.2) is 0 Å². The number of nitrogens with two attached hydrogens (primary N) is 1. The fraction of sp³-hybridized carbons (Fsp3) is 0.538. The molecule has 0 saturated heterocycles. The van der Waals surface area contributed by atoms with E-state index in [0.717, 1.165) is 10.7 Å². The van der Waals surface area contributed by atoms with Crippen molar-refractivity contribution < 1.29 is 13.2 Å². The zero-order valence-corrected chi connectivity index (χ0v) is 12.9. The van der Waals surface area contributed by atoms with Crippen LogP contribution >= 0.6 is 0 Å². The highest BCUT2D eigenvalue weighted by atomic mass is 32.2. The number of sulfonamides is 1. The van der Waals surface area contributed by atoms with Crippen LogP contribution in [0.1, 0.15) is 27.2 Å². The Morgan fingerprint density at radius 1 is 1.32 bits per heavy atom. The molecule has 0 unspecified atom stereocenters. The summed E-state index contributed by atoms with van der Waals surface area (Å²) in [4.78, 5) is 0.175. The average molecular weight is 286 g/mol. The molecule has 108 valence electrons. The molecule has 0 aromatic heterocycles. The van der Waals surface area contributed by atoms with Gasteiger partial charge in [-0.3, -0.25) is 0 Å². The van der Waals surface area contributed by atoms with Gasteiger partial charge in [0.25, 0.3) is 0 Å². The molecule has 0 heterocycles. The first-order chi connectivity index (χ1) is 8.60. The molecule has 1 aromatic carbocycles. The van der Waals surface area contributed by atoms with Crippen LogP contribution in [0.4, 0.5) is 5.69 Å². The van der Waals surface area contributed by atoms with E-state index in [4.69, 9.17) is 10.5 Å². The van der Waals surface area contributed by atoms with Crippen molar-refractivity contribution >= 4 is 15.7 Å². The summed E-state index contributed by atoms with van der Waals surface area (Å²) < 4.78 is 31.1. The summed E-state index contributed by atoms with van der Waals surface area (Å²) in [5.74, 6) is 0.398. The van der Waals surface area contributed by atoms with Crippen molar-refractivity contribution in [2.24, 2.45) is 0 Å². The van der Waals surface area contributed by atoms with Crippen LogP contribution in [0.25, 0.3) is 0 Å². The van der Waals surface area contributed by atoms with E-state index >= 15 is 0 Å². The van der Waals surface area contributed by atoms with Gasteiger partial charge in [0.1, 0.15) is 11.4 Å². The number of hydrogen-bond acceptors (Lipinski definition) is 4. The van der Waals surface area contributed by atoms with Gasteiger partial charge in [0.05, 0.1) is 10.6 Å². The minimum atomic E-state index is -3.48. The molecule has 0 aliphatic carbocycles. The Balaban J connectivity index is 3.23. The van der Waals surface area contributed by atoms with Crippen LogP contribution in [-0.4, -0.2) is 32.4 Å². The zero-order chi connectivity index (χ0) is 14.8. The van der Waals surface area contributed by atoms with Crippen LogP contribution in [-0.2, 0) is 10.0 Å². The third-order valence-corrected chi connectivity index (χ3v) is 4.81. The first kappa shape index (κ1) is 15.8. The van der Waals surface area contributed by atoms with E-state index in [0.29, 0.717) is 11.4 Å². The predicted molar refractivity (Wildman–Crippen MR) is 76.7 cm³/mol. The summed E-state index contributed by atoms with van der Waals surface area (Å²) in [5, 5.41) is 0. The van der Waals surface area contributed by atoms with Gasteiger partial charge in [-0.1, -0.05) is 6.92 Å². The van der Waals surface area contributed by atoms with Gasteiger partial charge < -0.3 is 10.5 Å². The maximum atomic E-state index is 12.1. The highest BCUT2D eigenvalue weighted by Gasteiger charge is 2.22. The first-order valence-corrected chi connectivity index (χ1v) is 7.55. The van der Waals surface area contributed by atoms with E-state index < -0.39 is 15.6 Å². The Hall–Kier alpha value is -1.27. The molecule has 5 nitrogen and oxygen atoms in total. The van der Waals surface area contributed by atoms with Gasteiger partial charge in [-0.05, 0) is 32.4 Å². The van der Waals surface area contributed by atoms with Gasteiger partial charge in [0, 0.05) is 20.2 Å². The summed E-state index contributed by atoms with van der Waals surface area (Å²) in [5.41, 5.74) is 5.87. The molecule has 0 spiro atoms. The van der Waals surface area contributed by atoms with E-state index in [2.05, 4.69) is 0 Å². The Morgan fingerprint density at radius 3 is 2.37 bits per heavy atom. The summed E-state index contributed by atoms with van der Waals surface area (Å²) in [6.45, 7) is 5.86. The van der Waals surface area contributed by atoms with E-state index in [1.54, 1.807) is 6.07 Å². The van der Waals surface area contributed by atoms with Gasteiger partial charge >= 0.3 is 0 Å². The molecule has 0 saturated carbocycles. The van der Waals surface area contributed by atoms with Crippen molar-refractivity contribution in [1.29, 1.82) is 0 Å². The second-order valence-electron chi connectivity index (χ2n) is 5.20. The minimum absolute atomic E-state index is 0.175. The summed E-state index contributed by atoms with van der Waals surface area (Å²) in [6, 6.07) is 4.51. The Bertz CT molecular complexity index is 551. The topological polar surface area (TPSA) is 72.6 Å². The Kier molecular flexibility index (Phi) is 4.47. The molecule has 2 N–H and O–H groups in total. The van der Waals surface area contributed by atoms with Crippen molar-refractivity contribution in [2.75, 3.05) is 19.8 Å². The lowest BCUT2D eigenvalue weighted by molar-refractivity contribution is 0.106. The van der Waals surface area contributed by atoms with Crippen molar-refractivity contribution in [3.8, 4) is 5.75 Å². The van der Waals surface area contributed by atoms with Crippen LogP contribution in [0.5, 0.6) is 5.75 Å². The fourth-order valence-corrected chi connectivity index (χ4v) is 2.26. The quantitative estimate of drug-likeness (QED) is 0.841. The molecule has 6 heteroatoms. The summed E-state index contributed by atoms with van der Waals surface area (Å²) in [6.07, 6.45) is 0.789. The number of nitrogens with zero attached hydrogens (tertiary/aromatic N) is 1. The maximum absolute atomic E-state index is 12.1. The smallest absolute Gasteiger partial charge is 0.242 e. The molecule has 0 bridgehead atoms. The first-order valence-electron chi connectivity index (χ1n) is 6.11.